The lowest BCUT2D eigenvalue weighted by molar-refractivity contribution is -0.139. The maximum Gasteiger partial charge on any atom is 0.431 e. The van der Waals surface area contributed by atoms with Crippen LogP contribution >= 0.6 is 0 Å². The van der Waals surface area contributed by atoms with Gasteiger partial charge >= 0.3 is 12.4 Å². The highest BCUT2D eigenvalue weighted by molar-refractivity contribution is 6.08. The highest BCUT2D eigenvalue weighted by atomic mass is 19.4. The molecule has 2 rings (SSSR count). The molecule has 2 amide bonds. The molecule has 1 aromatic carbocycles. The number of allylic oxidation sites excluding steroid dienone is 2. The Morgan fingerprint density at radius 3 is 2.28 bits per heavy atom. The van der Waals surface area contributed by atoms with Crippen molar-refractivity contribution in [2.24, 2.45) is 11.8 Å². The van der Waals surface area contributed by atoms with E-state index in [4.69, 9.17) is 0 Å². The molecular weight excluding hydrogens is 447 g/mol. The number of carbonyl (C=O) groups excluding carboxylic acids is 2. The van der Waals surface area contributed by atoms with Gasteiger partial charge in [-0.3, -0.25) is 9.59 Å². The summed E-state index contributed by atoms with van der Waals surface area (Å²) in [6, 6.07) is 2.25. The zero-order chi connectivity index (χ0) is 24.6. The quantitative estimate of drug-likeness (QED) is 0.404. The van der Waals surface area contributed by atoms with Crippen molar-refractivity contribution in [3.8, 4) is 0 Å². The van der Waals surface area contributed by atoms with Crippen LogP contribution in [0.25, 0.3) is 0 Å². The molecule has 176 valence electrons. The van der Waals surface area contributed by atoms with Crippen molar-refractivity contribution in [2.45, 2.75) is 12.4 Å². The van der Waals surface area contributed by atoms with Crippen LogP contribution in [0.1, 0.15) is 5.56 Å². The van der Waals surface area contributed by atoms with E-state index >= 15 is 0 Å². The third kappa shape index (κ3) is 4.89. The van der Waals surface area contributed by atoms with Crippen molar-refractivity contribution in [1.82, 2.24) is 9.80 Å². The average molecular weight is 467 g/mol. The Morgan fingerprint density at radius 2 is 1.81 bits per heavy atom. The van der Waals surface area contributed by atoms with Gasteiger partial charge in [-0.25, -0.2) is 4.39 Å². The van der Waals surface area contributed by atoms with Crippen LogP contribution in [0.3, 0.4) is 0 Å². The summed E-state index contributed by atoms with van der Waals surface area (Å²) in [4.78, 5) is 27.2. The molecule has 0 saturated carbocycles. The van der Waals surface area contributed by atoms with Crippen LogP contribution in [0.5, 0.6) is 0 Å². The second kappa shape index (κ2) is 8.83. The molecule has 12 heteroatoms. The standard InChI is InChI=1S/C20H20F7N3O2/c1-5-10(16(29(2)3)20(25,26)27)11-9-30(4)18(32)14(11)17(31)28-13-8-6-7-12(21)15(13)19(22,23)24/h5-8,11,14H,1,9H2,2-4H3,(H,28,31)/b16-10+/t11-,14+/m1/s1. The Hall–Kier alpha value is -3.05. The molecule has 0 spiro atoms. The molecule has 1 aliphatic heterocycles. The Kier molecular flexibility index (Phi) is 6.96. The fourth-order valence-corrected chi connectivity index (χ4v) is 3.70. The number of likely N-dealkylation sites (tertiary alicyclic amines) is 1. The van der Waals surface area contributed by atoms with E-state index in [-0.39, 0.29) is 6.54 Å². The van der Waals surface area contributed by atoms with E-state index in [0.29, 0.717) is 6.07 Å². The maximum absolute atomic E-state index is 13.8. The molecule has 32 heavy (non-hydrogen) atoms. The van der Waals surface area contributed by atoms with Gasteiger partial charge in [0.2, 0.25) is 11.8 Å². The first kappa shape index (κ1) is 25.2. The normalized spacial score (nSPS) is 20.2. The van der Waals surface area contributed by atoms with Gasteiger partial charge in [0, 0.05) is 33.6 Å². The number of amides is 2. The molecular formula is C20H20F7N3O2. The molecule has 0 bridgehead atoms. The lowest BCUT2D eigenvalue weighted by Gasteiger charge is -2.27. The monoisotopic (exact) mass is 467 g/mol. The van der Waals surface area contributed by atoms with Crippen molar-refractivity contribution >= 4 is 17.5 Å². The van der Waals surface area contributed by atoms with Crippen LogP contribution < -0.4 is 5.32 Å². The number of nitrogens with one attached hydrogen (secondary N) is 1. The van der Waals surface area contributed by atoms with Gasteiger partial charge in [-0.05, 0) is 17.7 Å². The van der Waals surface area contributed by atoms with E-state index in [2.05, 4.69) is 6.58 Å². The number of halogens is 7. The summed E-state index contributed by atoms with van der Waals surface area (Å²) in [6.07, 6.45) is -9.15. The molecule has 0 radical (unpaired) electrons. The molecule has 0 aromatic heterocycles. The van der Waals surface area contributed by atoms with Crippen LogP contribution in [0.15, 0.2) is 42.1 Å². The van der Waals surface area contributed by atoms with Gasteiger partial charge < -0.3 is 15.1 Å². The minimum absolute atomic E-state index is 0.305. The Labute approximate surface area is 179 Å². The molecule has 1 aliphatic rings. The fourth-order valence-electron chi connectivity index (χ4n) is 3.70. The summed E-state index contributed by atoms with van der Waals surface area (Å²) in [5.74, 6) is -6.97. The van der Waals surface area contributed by atoms with Crippen molar-refractivity contribution in [3.63, 3.8) is 0 Å². The van der Waals surface area contributed by atoms with Gasteiger partial charge in [0.15, 0.2) is 0 Å². The largest absolute Gasteiger partial charge is 0.431 e. The summed E-state index contributed by atoms with van der Waals surface area (Å²) >= 11 is 0. The topological polar surface area (TPSA) is 52.7 Å². The summed E-state index contributed by atoms with van der Waals surface area (Å²) < 4.78 is 94.5. The van der Waals surface area contributed by atoms with Gasteiger partial charge in [0.25, 0.3) is 0 Å². The number of nitrogens with zero attached hydrogens (tertiary/aromatic N) is 2. The van der Waals surface area contributed by atoms with Crippen molar-refractivity contribution in [2.75, 3.05) is 33.0 Å². The first-order valence-corrected chi connectivity index (χ1v) is 9.13. The third-order valence-electron chi connectivity index (χ3n) is 4.96. The predicted octanol–water partition coefficient (Wildman–Crippen LogP) is 4.05. The van der Waals surface area contributed by atoms with E-state index in [0.717, 1.165) is 42.1 Å². The van der Waals surface area contributed by atoms with Crippen molar-refractivity contribution in [1.29, 1.82) is 0 Å². The van der Waals surface area contributed by atoms with Gasteiger partial charge in [-0.1, -0.05) is 18.7 Å². The van der Waals surface area contributed by atoms with Crippen LogP contribution in [0, 0.1) is 17.7 Å². The molecule has 1 heterocycles. The first-order valence-electron chi connectivity index (χ1n) is 9.13. The summed E-state index contributed by atoms with van der Waals surface area (Å²) in [6.45, 7) is 3.06. The zero-order valence-corrected chi connectivity index (χ0v) is 17.2. The molecule has 1 aromatic rings. The van der Waals surface area contributed by atoms with E-state index < -0.39 is 64.3 Å². The van der Waals surface area contributed by atoms with Crippen molar-refractivity contribution < 1.29 is 40.3 Å². The fraction of sp³-hybridized carbons (Fsp3) is 0.400. The molecule has 1 saturated heterocycles. The number of hydrogen-bond donors (Lipinski definition) is 1. The number of carbonyl (C=O) groups is 2. The van der Waals surface area contributed by atoms with Crippen LogP contribution in [-0.2, 0) is 15.8 Å². The Morgan fingerprint density at radius 1 is 1.22 bits per heavy atom. The van der Waals surface area contributed by atoms with Gasteiger partial charge in [0.05, 0.1) is 5.69 Å². The van der Waals surface area contributed by atoms with Crippen LogP contribution in [0.4, 0.5) is 36.4 Å². The Bertz CT molecular complexity index is 951. The van der Waals surface area contributed by atoms with Gasteiger partial charge in [-0.15, -0.1) is 0 Å². The smallest absolute Gasteiger partial charge is 0.373 e. The Balaban J connectivity index is 2.56. The number of rotatable bonds is 5. The second-order valence-electron chi connectivity index (χ2n) is 7.35. The van der Waals surface area contributed by atoms with Crippen LogP contribution in [0.2, 0.25) is 0 Å². The van der Waals surface area contributed by atoms with E-state index in [1.54, 1.807) is 0 Å². The number of benzene rings is 1. The van der Waals surface area contributed by atoms with Crippen LogP contribution in [-0.4, -0.2) is 55.5 Å². The first-order chi connectivity index (χ1) is 14.6. The molecule has 1 N–H and O–H groups in total. The molecule has 0 aliphatic carbocycles. The van der Waals surface area contributed by atoms with Gasteiger partial charge in [0.1, 0.15) is 23.0 Å². The summed E-state index contributed by atoms with van der Waals surface area (Å²) in [7, 11) is 3.48. The SMILES string of the molecule is C=C/C(=C(\N(C)C)C(F)(F)F)[C@H]1CN(C)C(=O)[C@@H]1C(=O)Nc1cccc(F)c1C(F)(F)F. The number of alkyl halides is 6. The zero-order valence-electron chi connectivity index (χ0n) is 17.2. The highest BCUT2D eigenvalue weighted by Crippen LogP contribution is 2.40. The van der Waals surface area contributed by atoms with E-state index in [9.17, 15) is 40.3 Å². The summed E-state index contributed by atoms with van der Waals surface area (Å²) in [5, 5.41) is 1.87. The van der Waals surface area contributed by atoms with Gasteiger partial charge in [-0.2, -0.15) is 26.3 Å². The van der Waals surface area contributed by atoms with E-state index in [1.165, 1.54) is 7.05 Å². The summed E-state index contributed by atoms with van der Waals surface area (Å²) in [5.41, 5.74) is -4.32. The molecule has 2 atom stereocenters. The highest BCUT2D eigenvalue weighted by Gasteiger charge is 2.49. The molecule has 0 unspecified atom stereocenters. The third-order valence-corrected chi connectivity index (χ3v) is 4.96. The predicted molar refractivity (Wildman–Crippen MR) is 102 cm³/mol. The number of anilines is 1. The average Bonchev–Trinajstić information content (AvgIpc) is 2.91. The van der Waals surface area contributed by atoms with Crippen molar-refractivity contribution in [3.05, 3.63) is 53.5 Å². The lowest BCUT2D eigenvalue weighted by Crippen LogP contribution is -2.36. The molecule has 1 fully saturated rings. The molecule has 5 nitrogen and oxygen atoms in total. The second-order valence-corrected chi connectivity index (χ2v) is 7.35. The minimum atomic E-state index is -5.16. The number of hydrogen-bond acceptors (Lipinski definition) is 3. The minimum Gasteiger partial charge on any atom is -0.373 e. The lowest BCUT2D eigenvalue weighted by atomic mass is 9.85. The maximum atomic E-state index is 13.8. The van der Waals surface area contributed by atoms with E-state index in [1.807, 2.05) is 5.32 Å².